The average Bonchev–Trinajstić information content (AvgIpc) is 1.68. The van der Waals surface area contributed by atoms with Gasteiger partial charge in [0.15, 0.2) is 94.3 Å². The van der Waals surface area contributed by atoms with Crippen LogP contribution >= 0.6 is 52.4 Å². The summed E-state index contributed by atoms with van der Waals surface area (Å²) in [6, 6.07) is 0. The summed E-state index contributed by atoms with van der Waals surface area (Å²) in [6.45, 7) is -11.0. The largest absolute Gasteiger partial charge is 0.582 e. The summed E-state index contributed by atoms with van der Waals surface area (Å²) in [5.74, 6) is -0.539. The second-order valence-corrected chi connectivity index (χ2v) is 28.8. The van der Waals surface area contributed by atoms with Crippen molar-refractivity contribution in [1.82, 2.24) is 78.1 Å². The molecule has 0 aromatic carbocycles. The number of thiol groups is 2. The molecule has 0 radical (unpaired) electrons. The molecule has 0 aliphatic carbocycles. The maximum absolute atomic E-state index is 15.8. The van der Waals surface area contributed by atoms with Gasteiger partial charge < -0.3 is 68.7 Å². The van der Waals surface area contributed by atoms with Crippen LogP contribution in [0.25, 0.3) is 44.7 Å². The molecule has 496 valence electrons. The zero-order chi connectivity index (χ0) is 65.8. The minimum absolute atomic E-state index is 0.0431. The van der Waals surface area contributed by atoms with Crippen LogP contribution in [-0.4, -0.2) is 202 Å². The summed E-state index contributed by atoms with van der Waals surface area (Å²) < 4.78 is 156. The Hall–Kier alpha value is -5.64. The molecule has 12 rings (SSSR count). The number of H-pyrrole nitrogens is 4. The Labute approximate surface area is 530 Å². The maximum Gasteiger partial charge on any atom is 0.582 e. The van der Waals surface area contributed by atoms with Crippen molar-refractivity contribution < 1.29 is 92.0 Å². The molecule has 8 aromatic rings. The van der Waals surface area contributed by atoms with Gasteiger partial charge in [0.1, 0.15) is 86.5 Å². The molecule has 20 atom stereocenters. The maximum atomic E-state index is 15.8. The molecule has 4 aliphatic rings. The first-order valence-electron chi connectivity index (χ1n) is 26.1. The fourth-order valence-electron chi connectivity index (χ4n) is 10.3. The monoisotopic (exact) mass is 1450 g/mol. The van der Waals surface area contributed by atoms with Gasteiger partial charge in [-0.2, -0.15) is 9.97 Å². The number of nitrogens with zero attached hydrogens (tertiary/aromatic N) is 12. The molecule has 12 heterocycles. The number of anilines is 2. The first-order chi connectivity index (χ1) is 43.8. The number of nitrogens with two attached hydrogens (primary N) is 2. The van der Waals surface area contributed by atoms with Gasteiger partial charge in [0.05, 0.1) is 51.2 Å². The topological polar surface area (TPSA) is 492 Å². The number of halogens is 4. The van der Waals surface area contributed by atoms with E-state index in [4.69, 9.17) is 90.6 Å². The lowest BCUT2D eigenvalue weighted by atomic mass is 10.1. The third-order valence-electron chi connectivity index (χ3n) is 14.3. The Morgan fingerprint density at radius 3 is 1.22 bits per heavy atom. The standard InChI is InChI=1S/2C21H23F2N9O10P2S2/c2*1-37-13-8(41-19(10(13)23)31-5-27-11-15(31)25-4-26-17(11)33)3-39-44(36,46)42-14-9(22)7(2-38-43(35)45)40-20(14)32-6-28-12-16(32)29-21(24)30-18(12)34/h2*4-10,13-14,19-20H,2-3H2,1H3,(H5-,24,25,26,29,30,33,34,35,36,45,46)/p+2/t2*7-,8-,9-,10+,13-,14-,19-,20-,44?/m11/s1. The first-order valence-corrected chi connectivity index (χ1v) is 36.0. The van der Waals surface area contributed by atoms with Crippen LogP contribution in [0.1, 0.15) is 24.9 Å². The number of nitrogen functional groups attached to an aromatic ring is 2. The highest BCUT2D eigenvalue weighted by Crippen LogP contribution is 2.53. The molecule has 8 aromatic heterocycles. The van der Waals surface area contributed by atoms with Crippen molar-refractivity contribution in [2.24, 2.45) is 0 Å². The fraction of sp³-hybridized carbons (Fsp3) is 0.524. The average molecular weight is 1450 g/mol. The number of hydrogen-bond acceptors (Lipinski definition) is 30. The Morgan fingerprint density at radius 1 is 0.533 bits per heavy atom. The smallest absolute Gasteiger partial charge is 0.375 e. The summed E-state index contributed by atoms with van der Waals surface area (Å²) in [6.07, 6.45) is -17.6. The Balaban J connectivity index is 0.000000188. The molecule has 38 nitrogen and oxygen atoms in total. The summed E-state index contributed by atoms with van der Waals surface area (Å²) in [5.41, 5.74) is 8.39. The number of alkyl halides is 4. The van der Waals surface area contributed by atoms with E-state index < -0.39 is 175 Å². The van der Waals surface area contributed by atoms with Gasteiger partial charge in [0.2, 0.25) is 11.9 Å². The number of rotatable bonds is 22. The normalized spacial score (nSPS) is 29.9. The van der Waals surface area contributed by atoms with Crippen molar-refractivity contribution in [2.45, 2.75) is 98.4 Å². The highest BCUT2D eigenvalue weighted by molar-refractivity contribution is 8.39. The predicted octanol–water partition coefficient (Wildman–Crippen LogP) is 1.09. The minimum Gasteiger partial charge on any atom is -0.375 e. The summed E-state index contributed by atoms with van der Waals surface area (Å²) >= 11 is 17.6. The van der Waals surface area contributed by atoms with Crippen LogP contribution in [0.2, 0.25) is 0 Å². The molecule has 92 heavy (non-hydrogen) atoms. The SMILES string of the molecule is CO[C@H]1[C@H](F)[C@H](n2cnc3c(=O)[nH]cnc32)O[C@@H]1COP(O)(=S)O[C@@H]1[C@H](F)[C@@H](CO[P+](=O)S)O[C@H]1n1cnc2c(=O)[nH]c(N)nc21.CO[C@H]1[C@H](F)[C@H](n2cnc3c(=O)[nH]cnc32)O[C@@H]1COP(O)(=S)O[C@@H]1[C@H](F)[C@@H](CO[P+](=O)S)O[C@H]1n1cnc2c(=O)[nH]c(N)nc21. The zero-order valence-electron chi connectivity index (χ0n) is 46.3. The molecule has 4 fully saturated rings. The quantitative estimate of drug-likeness (QED) is 0.0258. The molecule has 4 unspecified atom stereocenters. The molecular weight excluding hydrogens is 1400 g/mol. The van der Waals surface area contributed by atoms with Crippen LogP contribution in [-0.2, 0) is 88.3 Å². The second-order valence-electron chi connectivity index (χ2n) is 19.8. The number of aromatic amines is 4. The van der Waals surface area contributed by atoms with E-state index in [0.29, 0.717) is 0 Å². The number of hydrogen-bond donors (Lipinski definition) is 10. The van der Waals surface area contributed by atoms with Crippen molar-refractivity contribution in [1.29, 1.82) is 0 Å². The van der Waals surface area contributed by atoms with Crippen molar-refractivity contribution in [3.05, 3.63) is 79.4 Å². The van der Waals surface area contributed by atoms with Gasteiger partial charge in [0.25, 0.3) is 22.2 Å². The van der Waals surface area contributed by atoms with Gasteiger partial charge in [-0.25, -0.2) is 47.5 Å². The highest BCUT2D eigenvalue weighted by Gasteiger charge is 2.54. The molecule has 50 heteroatoms. The number of ether oxygens (including phenoxy) is 6. The van der Waals surface area contributed by atoms with E-state index in [1.165, 1.54) is 36.0 Å². The Morgan fingerprint density at radius 2 is 0.870 bits per heavy atom. The van der Waals surface area contributed by atoms with E-state index in [1.807, 2.05) is 0 Å². The molecule has 4 aliphatic heterocycles. The van der Waals surface area contributed by atoms with Crippen molar-refractivity contribution in [3.63, 3.8) is 0 Å². The van der Waals surface area contributed by atoms with E-state index in [9.17, 15) is 38.1 Å². The zero-order valence-corrected chi connectivity index (χ0v) is 53.3. The van der Waals surface area contributed by atoms with E-state index in [1.54, 1.807) is 0 Å². The Kier molecular flexibility index (Phi) is 20.3. The Bertz CT molecular complexity index is 4170. The number of aromatic nitrogens is 16. The lowest BCUT2D eigenvalue weighted by Crippen LogP contribution is -2.34. The number of methoxy groups -OCH3 is 2. The van der Waals surface area contributed by atoms with Crippen LogP contribution < -0.4 is 33.7 Å². The van der Waals surface area contributed by atoms with Gasteiger partial charge in [-0.1, -0.05) is 0 Å². The summed E-state index contributed by atoms with van der Waals surface area (Å²) in [5, 5.41) is 0. The molecule has 0 amide bonds. The van der Waals surface area contributed by atoms with Crippen LogP contribution in [0.4, 0.5) is 29.5 Å². The van der Waals surface area contributed by atoms with Gasteiger partial charge in [-0.3, -0.25) is 56.5 Å². The van der Waals surface area contributed by atoms with E-state index in [0.717, 1.165) is 34.4 Å². The van der Waals surface area contributed by atoms with Crippen LogP contribution in [0, 0.1) is 0 Å². The van der Waals surface area contributed by atoms with Crippen LogP contribution in [0.15, 0.2) is 57.1 Å². The second kappa shape index (κ2) is 27.6. The van der Waals surface area contributed by atoms with Gasteiger partial charge in [-0.05, 0) is 32.7 Å². The fourth-order valence-corrected chi connectivity index (χ4v) is 14.1. The van der Waals surface area contributed by atoms with Crippen molar-refractivity contribution >= 4 is 133 Å². The summed E-state index contributed by atoms with van der Waals surface area (Å²) in [7, 11) is -2.40. The minimum atomic E-state index is -4.38. The van der Waals surface area contributed by atoms with Crippen molar-refractivity contribution in [3.8, 4) is 0 Å². The van der Waals surface area contributed by atoms with Crippen molar-refractivity contribution in [2.75, 3.05) is 52.1 Å². The third-order valence-corrected chi connectivity index (χ3v) is 18.9. The molecule has 0 spiro atoms. The van der Waals surface area contributed by atoms with Crippen LogP contribution in [0.5, 0.6) is 0 Å². The van der Waals surface area contributed by atoms with Gasteiger partial charge in [0, 0.05) is 14.2 Å². The van der Waals surface area contributed by atoms with Crippen LogP contribution in [0.3, 0.4) is 0 Å². The highest BCUT2D eigenvalue weighted by atomic mass is 32.7. The third kappa shape index (κ3) is 13.8. The van der Waals surface area contributed by atoms with Gasteiger partial charge in [-0.15, -0.1) is 9.05 Å². The molecule has 0 bridgehead atoms. The lowest BCUT2D eigenvalue weighted by molar-refractivity contribution is -0.0572. The van der Waals surface area contributed by atoms with E-state index in [2.05, 4.69) is 84.3 Å². The van der Waals surface area contributed by atoms with E-state index in [-0.39, 0.29) is 56.6 Å². The molecule has 4 saturated heterocycles. The number of fused-ring (bicyclic) bond motifs is 4. The number of imidazole rings is 4. The molecule has 10 N–H and O–H groups in total. The molecular formula is C42H48F4N18O20P4S4+2. The summed E-state index contributed by atoms with van der Waals surface area (Å²) in [4.78, 5) is 112. The lowest BCUT2D eigenvalue weighted by Gasteiger charge is -2.26. The predicted molar refractivity (Wildman–Crippen MR) is 318 cm³/mol. The first kappa shape index (κ1) is 67.8. The molecule has 0 saturated carbocycles. The number of nitrogens with one attached hydrogen (secondary N) is 4. The van der Waals surface area contributed by atoms with Gasteiger partial charge >= 0.3 is 27.9 Å². The van der Waals surface area contributed by atoms with E-state index >= 15 is 17.6 Å².